The van der Waals surface area contributed by atoms with Gasteiger partial charge in [-0.3, -0.25) is 13.9 Å². The summed E-state index contributed by atoms with van der Waals surface area (Å²) in [7, 11) is -2.61. The third-order valence-electron chi connectivity index (χ3n) is 5.05. The van der Waals surface area contributed by atoms with Crippen LogP contribution in [0.1, 0.15) is 16.8 Å². The summed E-state index contributed by atoms with van der Waals surface area (Å²) in [6.07, 6.45) is 0.628. The number of nitrogens with one attached hydrogen (secondary N) is 2. The number of para-hydroxylation sites is 1. The molecule has 0 aliphatic carbocycles. The molecule has 3 rings (SSSR count). The van der Waals surface area contributed by atoms with Gasteiger partial charge in [-0.15, -0.1) is 0 Å². The molecule has 0 saturated heterocycles. The molecular weight excluding hydrogens is 525 g/mol. The fourth-order valence-electron chi connectivity index (χ4n) is 3.32. The molecule has 0 spiro atoms. The summed E-state index contributed by atoms with van der Waals surface area (Å²) < 4.78 is 32.9. The Bertz CT molecular complexity index is 1320. The lowest BCUT2D eigenvalue weighted by Crippen LogP contribution is -2.38. The van der Waals surface area contributed by atoms with Crippen molar-refractivity contribution in [3.05, 3.63) is 88.4 Å². The normalized spacial score (nSPS) is 11.1. The second kappa shape index (κ2) is 12.7. The van der Waals surface area contributed by atoms with Crippen LogP contribution in [0.3, 0.4) is 0 Å². The van der Waals surface area contributed by atoms with Crippen molar-refractivity contribution in [3.8, 4) is 0 Å². The Balaban J connectivity index is 1.88. The van der Waals surface area contributed by atoms with Gasteiger partial charge in [-0.1, -0.05) is 53.5 Å². The molecule has 0 aliphatic rings. The van der Waals surface area contributed by atoms with Crippen LogP contribution < -0.4 is 14.9 Å². The van der Waals surface area contributed by atoms with Gasteiger partial charge in [0.1, 0.15) is 6.54 Å². The topological polar surface area (TPSA) is 105 Å². The van der Waals surface area contributed by atoms with Crippen LogP contribution in [0.25, 0.3) is 0 Å². The molecule has 0 heterocycles. The molecule has 11 heteroatoms. The summed E-state index contributed by atoms with van der Waals surface area (Å²) >= 11 is 12.4. The van der Waals surface area contributed by atoms with Crippen LogP contribution in [0.2, 0.25) is 10.0 Å². The van der Waals surface area contributed by atoms with Crippen molar-refractivity contribution in [3.63, 3.8) is 0 Å². The fourth-order valence-corrected chi connectivity index (χ4v) is 5.21. The summed E-state index contributed by atoms with van der Waals surface area (Å²) in [6, 6.07) is 18.5. The highest BCUT2D eigenvalue weighted by atomic mass is 35.5. The van der Waals surface area contributed by atoms with Gasteiger partial charge >= 0.3 is 0 Å². The van der Waals surface area contributed by atoms with E-state index in [4.69, 9.17) is 27.9 Å². The predicted octanol–water partition coefficient (Wildman–Crippen LogP) is 4.59. The molecule has 190 valence electrons. The van der Waals surface area contributed by atoms with E-state index in [1.807, 2.05) is 0 Å². The number of sulfonamides is 1. The Labute approximate surface area is 220 Å². The molecular formula is C25H25Cl2N3O5S. The Hall–Kier alpha value is -3.11. The number of halogens is 2. The van der Waals surface area contributed by atoms with Gasteiger partial charge in [0.2, 0.25) is 5.91 Å². The monoisotopic (exact) mass is 549 g/mol. The number of rotatable bonds is 11. The maximum absolute atomic E-state index is 13.5. The number of amides is 2. The summed E-state index contributed by atoms with van der Waals surface area (Å²) in [5, 5.41) is 5.76. The molecule has 3 aromatic rings. The number of hydrogen-bond acceptors (Lipinski definition) is 5. The second-order valence-electron chi connectivity index (χ2n) is 7.62. The minimum atomic E-state index is -4.19. The molecule has 0 aliphatic heterocycles. The number of anilines is 2. The first kappa shape index (κ1) is 27.5. The molecule has 0 radical (unpaired) electrons. The van der Waals surface area contributed by atoms with Gasteiger partial charge in [0.05, 0.1) is 26.9 Å². The van der Waals surface area contributed by atoms with Crippen molar-refractivity contribution in [1.82, 2.24) is 5.32 Å². The Kier molecular flexibility index (Phi) is 9.72. The number of methoxy groups -OCH3 is 1. The number of ether oxygens (including phenoxy) is 1. The molecule has 0 saturated carbocycles. The molecule has 2 N–H and O–H groups in total. The summed E-state index contributed by atoms with van der Waals surface area (Å²) in [6.45, 7) is 0.281. The van der Waals surface area contributed by atoms with Crippen LogP contribution in [0.5, 0.6) is 0 Å². The van der Waals surface area contributed by atoms with Crippen molar-refractivity contribution >= 4 is 56.4 Å². The summed E-state index contributed by atoms with van der Waals surface area (Å²) in [5.74, 6) is -1.06. The van der Waals surface area contributed by atoms with Crippen molar-refractivity contribution in [2.45, 2.75) is 11.3 Å². The van der Waals surface area contributed by atoms with E-state index in [9.17, 15) is 18.0 Å². The van der Waals surface area contributed by atoms with Crippen LogP contribution in [0, 0.1) is 0 Å². The molecule has 0 aromatic heterocycles. The molecule has 8 nitrogen and oxygen atoms in total. The average molecular weight is 550 g/mol. The molecule has 0 bridgehead atoms. The highest BCUT2D eigenvalue weighted by Crippen LogP contribution is 2.33. The van der Waals surface area contributed by atoms with Gasteiger partial charge in [-0.2, -0.15) is 0 Å². The van der Waals surface area contributed by atoms with Gasteiger partial charge in [0, 0.05) is 25.3 Å². The molecule has 0 fully saturated rings. The zero-order chi connectivity index (χ0) is 26.1. The second-order valence-corrected chi connectivity index (χ2v) is 10.3. The van der Waals surface area contributed by atoms with E-state index in [-0.39, 0.29) is 37.8 Å². The minimum absolute atomic E-state index is 0.0234. The summed E-state index contributed by atoms with van der Waals surface area (Å²) in [5.41, 5.74) is 0.523. The highest BCUT2D eigenvalue weighted by Gasteiger charge is 2.29. The fraction of sp³-hybridized carbons (Fsp3) is 0.200. The van der Waals surface area contributed by atoms with Gasteiger partial charge < -0.3 is 15.4 Å². The first-order chi connectivity index (χ1) is 17.2. The Morgan fingerprint density at radius 1 is 0.972 bits per heavy atom. The molecule has 2 amide bonds. The van der Waals surface area contributed by atoms with E-state index >= 15 is 0 Å². The molecule has 0 unspecified atom stereocenters. The first-order valence-corrected chi connectivity index (χ1v) is 13.1. The SMILES string of the molecule is COCCCNC(=O)c1ccccc1NC(=O)CN(c1cc(Cl)ccc1Cl)S(=O)(=O)c1ccccc1. The van der Waals surface area contributed by atoms with E-state index in [1.165, 1.54) is 30.3 Å². The van der Waals surface area contributed by atoms with E-state index < -0.39 is 22.5 Å². The third kappa shape index (κ3) is 6.98. The first-order valence-electron chi connectivity index (χ1n) is 10.9. The van der Waals surface area contributed by atoms with Crippen molar-refractivity contribution in [2.75, 3.05) is 36.4 Å². The van der Waals surface area contributed by atoms with Crippen LogP contribution in [-0.2, 0) is 19.6 Å². The maximum Gasteiger partial charge on any atom is 0.264 e. The van der Waals surface area contributed by atoms with Gasteiger partial charge in [-0.05, 0) is 48.9 Å². The van der Waals surface area contributed by atoms with Gasteiger partial charge in [0.25, 0.3) is 15.9 Å². The molecule has 36 heavy (non-hydrogen) atoms. The minimum Gasteiger partial charge on any atom is -0.385 e. The lowest BCUT2D eigenvalue weighted by atomic mass is 10.1. The number of nitrogens with zero attached hydrogens (tertiary/aromatic N) is 1. The van der Waals surface area contributed by atoms with Crippen LogP contribution >= 0.6 is 23.2 Å². The van der Waals surface area contributed by atoms with E-state index in [0.29, 0.717) is 19.6 Å². The standard InChI is InChI=1S/C25H25Cl2N3O5S/c1-35-15-7-14-28-25(32)20-10-5-6-11-22(20)29-24(31)17-30(23-16-18(26)12-13-21(23)27)36(33,34)19-8-3-2-4-9-19/h2-6,8-13,16H,7,14-15,17H2,1H3,(H,28,32)(H,29,31). The zero-order valence-electron chi connectivity index (χ0n) is 19.4. The number of hydrogen-bond donors (Lipinski definition) is 2. The van der Waals surface area contributed by atoms with Crippen molar-refractivity contribution in [2.24, 2.45) is 0 Å². The van der Waals surface area contributed by atoms with Crippen LogP contribution in [0.15, 0.2) is 77.7 Å². The van der Waals surface area contributed by atoms with Crippen molar-refractivity contribution < 1.29 is 22.7 Å². The largest absolute Gasteiger partial charge is 0.385 e. The number of carbonyl (C=O) groups is 2. The molecule has 0 atom stereocenters. The number of benzene rings is 3. The van der Waals surface area contributed by atoms with E-state index in [2.05, 4.69) is 10.6 Å². The maximum atomic E-state index is 13.5. The summed E-state index contributed by atoms with van der Waals surface area (Å²) in [4.78, 5) is 25.7. The number of carbonyl (C=O) groups excluding carboxylic acids is 2. The highest BCUT2D eigenvalue weighted by molar-refractivity contribution is 7.92. The van der Waals surface area contributed by atoms with Gasteiger partial charge in [-0.25, -0.2) is 8.42 Å². The van der Waals surface area contributed by atoms with Gasteiger partial charge in [0.15, 0.2) is 0 Å². The third-order valence-corrected chi connectivity index (χ3v) is 7.38. The Morgan fingerprint density at radius 2 is 1.67 bits per heavy atom. The Morgan fingerprint density at radius 3 is 2.39 bits per heavy atom. The average Bonchev–Trinajstić information content (AvgIpc) is 2.87. The van der Waals surface area contributed by atoms with E-state index in [1.54, 1.807) is 49.6 Å². The molecule has 3 aromatic carbocycles. The zero-order valence-corrected chi connectivity index (χ0v) is 21.7. The van der Waals surface area contributed by atoms with Crippen molar-refractivity contribution in [1.29, 1.82) is 0 Å². The van der Waals surface area contributed by atoms with Crippen LogP contribution in [-0.4, -0.2) is 47.0 Å². The lowest BCUT2D eigenvalue weighted by Gasteiger charge is -2.25. The quantitative estimate of drug-likeness (QED) is 0.340. The predicted molar refractivity (Wildman–Crippen MR) is 141 cm³/mol. The lowest BCUT2D eigenvalue weighted by molar-refractivity contribution is -0.114. The van der Waals surface area contributed by atoms with Crippen LogP contribution in [0.4, 0.5) is 11.4 Å². The smallest absolute Gasteiger partial charge is 0.264 e. The van der Waals surface area contributed by atoms with E-state index in [0.717, 1.165) is 4.31 Å².